The molecule has 0 radical (unpaired) electrons. The molecule has 2 amide bonds. The lowest BCUT2D eigenvalue weighted by Gasteiger charge is -2.06. The molecule has 102 valence electrons. The van der Waals surface area contributed by atoms with Gasteiger partial charge in [-0.2, -0.15) is 4.58 Å². The van der Waals surface area contributed by atoms with Gasteiger partial charge in [0.2, 0.25) is 0 Å². The largest absolute Gasteiger partial charge is 0.438 e. The van der Waals surface area contributed by atoms with E-state index in [4.69, 9.17) is 0 Å². The third-order valence-electron chi connectivity index (χ3n) is 2.75. The first-order chi connectivity index (χ1) is 10.3. The maximum absolute atomic E-state index is 12.5. The first-order valence-electron chi connectivity index (χ1n) is 6.24. The highest BCUT2D eigenvalue weighted by Gasteiger charge is 2.25. The van der Waals surface area contributed by atoms with E-state index in [-0.39, 0.29) is 12.0 Å². The summed E-state index contributed by atoms with van der Waals surface area (Å²) in [4.78, 5) is 12.5. The Kier molecular flexibility index (Phi) is 3.55. The van der Waals surface area contributed by atoms with Crippen molar-refractivity contribution < 1.29 is 9.37 Å². The van der Waals surface area contributed by atoms with Gasteiger partial charge >= 0.3 is 12.0 Å². The van der Waals surface area contributed by atoms with Gasteiger partial charge in [0.15, 0.2) is 0 Å². The number of amides is 2. The first-order valence-corrected chi connectivity index (χ1v) is 6.24. The molecule has 0 saturated heterocycles. The topological polar surface area (TPSA) is 81.5 Å². The van der Waals surface area contributed by atoms with Gasteiger partial charge in [-0.05, 0) is 24.3 Å². The van der Waals surface area contributed by atoms with Crippen LogP contribution in [-0.4, -0.2) is 16.6 Å². The van der Waals surface area contributed by atoms with Crippen LogP contribution in [0.25, 0.3) is 0 Å². The molecule has 2 aromatic carbocycles. The predicted molar refractivity (Wildman–Crippen MR) is 76.5 cm³/mol. The molecule has 0 bridgehead atoms. The van der Waals surface area contributed by atoms with E-state index in [0.29, 0.717) is 11.4 Å². The third kappa shape index (κ3) is 2.86. The molecule has 0 spiro atoms. The summed E-state index contributed by atoms with van der Waals surface area (Å²) in [5, 5.41) is 17.1. The van der Waals surface area contributed by atoms with Gasteiger partial charge in [0.1, 0.15) is 0 Å². The van der Waals surface area contributed by atoms with Crippen LogP contribution < -0.4 is 5.32 Å². The summed E-state index contributed by atoms with van der Waals surface area (Å²) >= 11 is 0. The predicted octanol–water partition coefficient (Wildman–Crippen LogP) is 3.75. The average molecular weight is 279 g/mol. The van der Waals surface area contributed by atoms with Crippen molar-refractivity contribution >= 4 is 23.4 Å². The Labute approximate surface area is 120 Å². The quantitative estimate of drug-likeness (QED) is 0.834. The number of nitrogens with zero attached hydrogens (tertiary/aromatic N) is 5. The highest BCUT2D eigenvalue weighted by molar-refractivity contribution is 5.91. The van der Waals surface area contributed by atoms with Crippen molar-refractivity contribution in [1.82, 2.24) is 0 Å². The summed E-state index contributed by atoms with van der Waals surface area (Å²) in [5.41, 5.74) is 1.30. The van der Waals surface area contributed by atoms with E-state index in [9.17, 15) is 4.79 Å². The summed E-state index contributed by atoms with van der Waals surface area (Å²) in [6.07, 6.45) is 0. The number of benzene rings is 2. The van der Waals surface area contributed by atoms with E-state index in [1.807, 2.05) is 36.4 Å². The molecule has 1 aliphatic rings. The zero-order chi connectivity index (χ0) is 14.5. The van der Waals surface area contributed by atoms with E-state index in [1.165, 1.54) is 4.58 Å². The van der Waals surface area contributed by atoms with Crippen LogP contribution in [0.4, 0.5) is 16.2 Å². The van der Waals surface area contributed by atoms with E-state index < -0.39 is 0 Å². The fourth-order valence-electron chi connectivity index (χ4n) is 1.83. The van der Waals surface area contributed by atoms with Gasteiger partial charge in [0.25, 0.3) is 0 Å². The van der Waals surface area contributed by atoms with Gasteiger partial charge < -0.3 is 0 Å². The Morgan fingerprint density at radius 3 is 2.05 bits per heavy atom. The average Bonchev–Trinajstić information content (AvgIpc) is 3.03. The van der Waals surface area contributed by atoms with Crippen molar-refractivity contribution in [3.8, 4) is 0 Å². The number of guanidine groups is 1. The van der Waals surface area contributed by atoms with Crippen molar-refractivity contribution in [2.75, 3.05) is 5.32 Å². The Morgan fingerprint density at radius 2 is 1.43 bits per heavy atom. The maximum Gasteiger partial charge on any atom is 0.438 e. The smallest absolute Gasteiger partial charge is 0.255 e. The van der Waals surface area contributed by atoms with Gasteiger partial charge in [0.05, 0.1) is 21.8 Å². The van der Waals surface area contributed by atoms with Crippen LogP contribution in [0.5, 0.6) is 0 Å². The molecule has 3 rings (SSSR count). The zero-order valence-corrected chi connectivity index (χ0v) is 10.9. The summed E-state index contributed by atoms with van der Waals surface area (Å²) in [5.74, 6) is 0.120. The molecule has 0 aliphatic carbocycles. The molecule has 2 aromatic rings. The van der Waals surface area contributed by atoms with Crippen LogP contribution in [0.3, 0.4) is 0 Å². The standard InChI is InChI=1S/C14H10N6O/c21-14(15-11-7-3-1-4-8-11)20(13-16-18-19-17-13)12-9-5-2-6-10-12/h1-10H/p+1. The van der Waals surface area contributed by atoms with E-state index in [0.717, 1.165) is 0 Å². The normalized spacial score (nSPS) is 12.5. The molecular weight excluding hydrogens is 268 g/mol. The molecule has 1 aliphatic heterocycles. The Balaban J connectivity index is 1.97. The molecule has 1 heterocycles. The number of hydrogen-bond acceptors (Lipinski definition) is 3. The van der Waals surface area contributed by atoms with Crippen LogP contribution in [0.2, 0.25) is 0 Å². The molecule has 7 heteroatoms. The molecule has 1 N–H and O–H groups in total. The van der Waals surface area contributed by atoms with Gasteiger partial charge in [-0.15, -0.1) is 0 Å². The second-order valence-electron chi connectivity index (χ2n) is 4.15. The fourth-order valence-corrected chi connectivity index (χ4v) is 1.83. The molecule has 0 aromatic heterocycles. The number of rotatable bonds is 2. The summed E-state index contributed by atoms with van der Waals surface area (Å²) in [7, 11) is 0. The summed E-state index contributed by atoms with van der Waals surface area (Å²) < 4.78 is 1.31. The molecule has 21 heavy (non-hydrogen) atoms. The van der Waals surface area contributed by atoms with Crippen molar-refractivity contribution in [2.24, 2.45) is 20.7 Å². The summed E-state index contributed by atoms with van der Waals surface area (Å²) in [6, 6.07) is 17.8. The highest BCUT2D eigenvalue weighted by Crippen LogP contribution is 2.16. The number of carbonyl (C=O) groups is 1. The third-order valence-corrected chi connectivity index (χ3v) is 2.75. The lowest BCUT2D eigenvalue weighted by molar-refractivity contribution is -0.329. The molecule has 0 fully saturated rings. The van der Waals surface area contributed by atoms with Gasteiger partial charge in [0, 0.05) is 10.2 Å². The van der Waals surface area contributed by atoms with E-state index in [2.05, 4.69) is 26.0 Å². The minimum absolute atomic E-state index is 0.120. The Hall–Kier alpha value is -3.22. The molecule has 7 nitrogen and oxygen atoms in total. The maximum atomic E-state index is 12.5. The Bertz CT molecular complexity index is 723. The summed E-state index contributed by atoms with van der Waals surface area (Å²) in [6.45, 7) is 0. The number of carbonyl (C=O) groups excluding carboxylic acids is 1. The van der Waals surface area contributed by atoms with Crippen molar-refractivity contribution in [1.29, 1.82) is 0 Å². The van der Waals surface area contributed by atoms with Gasteiger partial charge in [-0.3, -0.25) is 5.32 Å². The monoisotopic (exact) mass is 279 g/mol. The minimum atomic E-state index is -0.387. The number of nitrogens with one attached hydrogen (secondary N) is 1. The van der Waals surface area contributed by atoms with Crippen LogP contribution in [0, 0.1) is 0 Å². The van der Waals surface area contributed by atoms with Crippen LogP contribution >= 0.6 is 0 Å². The van der Waals surface area contributed by atoms with Gasteiger partial charge in [-0.1, -0.05) is 36.4 Å². The van der Waals surface area contributed by atoms with Gasteiger partial charge in [-0.25, -0.2) is 4.79 Å². The lowest BCUT2D eigenvalue weighted by Crippen LogP contribution is -2.26. The SMILES string of the molecule is O=C(Nc1ccccc1)[N+](=C1N=NN=N1)c1ccccc1. The van der Waals surface area contributed by atoms with Crippen molar-refractivity contribution in [3.05, 3.63) is 60.7 Å². The molecular formula is C14H11N6O+. The van der Waals surface area contributed by atoms with E-state index >= 15 is 0 Å². The highest BCUT2D eigenvalue weighted by atomic mass is 16.2. The number of urea groups is 1. The lowest BCUT2D eigenvalue weighted by atomic mass is 10.3. The minimum Gasteiger partial charge on any atom is -0.255 e. The molecule has 0 atom stereocenters. The zero-order valence-electron chi connectivity index (χ0n) is 10.9. The van der Waals surface area contributed by atoms with Crippen molar-refractivity contribution in [3.63, 3.8) is 0 Å². The van der Waals surface area contributed by atoms with Crippen LogP contribution in [0.1, 0.15) is 0 Å². The number of para-hydroxylation sites is 2. The Morgan fingerprint density at radius 1 is 0.857 bits per heavy atom. The second kappa shape index (κ2) is 5.83. The first kappa shape index (κ1) is 12.8. The molecule has 0 unspecified atom stereocenters. The van der Waals surface area contributed by atoms with Crippen LogP contribution in [-0.2, 0) is 0 Å². The van der Waals surface area contributed by atoms with E-state index in [1.54, 1.807) is 24.3 Å². The second-order valence-corrected chi connectivity index (χ2v) is 4.15. The van der Waals surface area contributed by atoms with Crippen LogP contribution in [0.15, 0.2) is 81.3 Å². The number of anilines is 1. The van der Waals surface area contributed by atoms with Crippen molar-refractivity contribution in [2.45, 2.75) is 0 Å². The number of hydrogen-bond donors (Lipinski definition) is 1. The molecule has 0 saturated carbocycles. The fraction of sp³-hybridized carbons (Fsp3) is 0.